The van der Waals surface area contributed by atoms with Gasteiger partial charge in [-0.2, -0.15) is 0 Å². The summed E-state index contributed by atoms with van der Waals surface area (Å²) in [6.07, 6.45) is -1.26. The molecule has 2 nitrogen and oxygen atoms in total. The molecule has 2 aromatic rings. The molecule has 3 rings (SSSR count). The topological polar surface area (TPSA) is 40.5 Å². The van der Waals surface area contributed by atoms with Gasteiger partial charge in [0.25, 0.3) is 0 Å². The maximum atomic E-state index is 10.2. The van der Waals surface area contributed by atoms with E-state index in [1.165, 1.54) is 0 Å². The number of rotatable bonds is 0. The van der Waals surface area contributed by atoms with Gasteiger partial charge in [-0.25, -0.2) is 0 Å². The van der Waals surface area contributed by atoms with Crippen molar-refractivity contribution in [3.05, 3.63) is 70.8 Å². The van der Waals surface area contributed by atoms with Gasteiger partial charge in [-0.1, -0.05) is 48.5 Å². The van der Waals surface area contributed by atoms with Crippen LogP contribution in [0.5, 0.6) is 0 Å². The van der Waals surface area contributed by atoms with E-state index in [0.717, 1.165) is 22.3 Å². The van der Waals surface area contributed by atoms with E-state index in [0.29, 0.717) is 0 Å². The standard InChI is InChI=1S/C14H12O2/c15-13-9-5-1-2-6-10(9)14(16)12-8-4-3-7-11(12)13/h1-8,13-16H. The second-order valence-corrected chi connectivity index (χ2v) is 4.06. The smallest absolute Gasteiger partial charge is 0.105 e. The molecule has 2 N–H and O–H groups in total. The van der Waals surface area contributed by atoms with Gasteiger partial charge in [0.2, 0.25) is 0 Å². The lowest BCUT2D eigenvalue weighted by atomic mass is 9.82. The highest BCUT2D eigenvalue weighted by Gasteiger charge is 2.28. The Hall–Kier alpha value is -1.64. The van der Waals surface area contributed by atoms with E-state index in [4.69, 9.17) is 0 Å². The van der Waals surface area contributed by atoms with Crippen molar-refractivity contribution in [2.75, 3.05) is 0 Å². The van der Waals surface area contributed by atoms with Gasteiger partial charge in [-0.3, -0.25) is 0 Å². The van der Waals surface area contributed by atoms with Gasteiger partial charge in [-0.05, 0) is 22.3 Å². The zero-order chi connectivity index (χ0) is 11.1. The summed E-state index contributed by atoms with van der Waals surface area (Å²) < 4.78 is 0. The van der Waals surface area contributed by atoms with Crippen molar-refractivity contribution in [2.45, 2.75) is 12.2 Å². The van der Waals surface area contributed by atoms with Crippen LogP contribution in [0.4, 0.5) is 0 Å². The van der Waals surface area contributed by atoms with Crippen molar-refractivity contribution in [3.63, 3.8) is 0 Å². The van der Waals surface area contributed by atoms with Crippen molar-refractivity contribution in [2.24, 2.45) is 0 Å². The fourth-order valence-electron chi connectivity index (χ4n) is 2.35. The molecule has 0 fully saturated rings. The van der Waals surface area contributed by atoms with E-state index >= 15 is 0 Å². The normalized spacial score (nSPS) is 22.4. The van der Waals surface area contributed by atoms with Crippen LogP contribution in [-0.2, 0) is 0 Å². The van der Waals surface area contributed by atoms with E-state index in [1.807, 2.05) is 48.5 Å². The predicted octanol–water partition coefficient (Wildman–Crippen LogP) is 2.16. The maximum absolute atomic E-state index is 10.2. The van der Waals surface area contributed by atoms with Gasteiger partial charge in [0.05, 0.1) is 0 Å². The average molecular weight is 212 g/mol. The van der Waals surface area contributed by atoms with E-state index in [9.17, 15) is 10.2 Å². The lowest BCUT2D eigenvalue weighted by molar-refractivity contribution is 0.173. The van der Waals surface area contributed by atoms with Crippen LogP contribution in [0.3, 0.4) is 0 Å². The third-order valence-corrected chi connectivity index (χ3v) is 3.17. The zero-order valence-electron chi connectivity index (χ0n) is 8.67. The Bertz CT molecular complexity index is 438. The highest BCUT2D eigenvalue weighted by molar-refractivity contribution is 5.49. The van der Waals surface area contributed by atoms with Crippen LogP contribution in [0.2, 0.25) is 0 Å². The minimum Gasteiger partial charge on any atom is -0.384 e. The van der Waals surface area contributed by atoms with Crippen molar-refractivity contribution in [1.82, 2.24) is 0 Å². The van der Waals surface area contributed by atoms with Crippen LogP contribution in [0.15, 0.2) is 48.5 Å². The molecule has 0 unspecified atom stereocenters. The quantitative estimate of drug-likeness (QED) is 0.702. The minimum atomic E-state index is -0.629. The molecule has 0 spiro atoms. The molecule has 80 valence electrons. The van der Waals surface area contributed by atoms with Crippen LogP contribution in [0, 0.1) is 0 Å². The van der Waals surface area contributed by atoms with Gasteiger partial charge in [0.1, 0.15) is 12.2 Å². The Labute approximate surface area is 93.8 Å². The molecule has 0 bridgehead atoms. The fourth-order valence-corrected chi connectivity index (χ4v) is 2.35. The summed E-state index contributed by atoms with van der Waals surface area (Å²) in [4.78, 5) is 0. The molecule has 2 aromatic carbocycles. The van der Waals surface area contributed by atoms with Crippen molar-refractivity contribution >= 4 is 0 Å². The van der Waals surface area contributed by atoms with Gasteiger partial charge in [-0.15, -0.1) is 0 Å². The Balaban J connectivity index is 2.26. The van der Waals surface area contributed by atoms with Crippen LogP contribution in [0.1, 0.15) is 34.5 Å². The lowest BCUT2D eigenvalue weighted by Gasteiger charge is -2.28. The number of hydrogen-bond acceptors (Lipinski definition) is 2. The highest BCUT2D eigenvalue weighted by atomic mass is 16.3. The number of aliphatic hydroxyl groups is 2. The lowest BCUT2D eigenvalue weighted by Crippen LogP contribution is -2.17. The molecule has 0 aromatic heterocycles. The van der Waals surface area contributed by atoms with Crippen molar-refractivity contribution < 1.29 is 10.2 Å². The van der Waals surface area contributed by atoms with E-state index in [-0.39, 0.29) is 0 Å². The Morgan fingerprint density at radius 3 is 1.06 bits per heavy atom. The van der Waals surface area contributed by atoms with Gasteiger partial charge < -0.3 is 10.2 Å². The second kappa shape index (κ2) is 3.44. The molecule has 2 heteroatoms. The van der Waals surface area contributed by atoms with Gasteiger partial charge in [0.15, 0.2) is 0 Å². The molecule has 0 radical (unpaired) electrons. The zero-order valence-corrected chi connectivity index (χ0v) is 8.67. The molecule has 0 saturated carbocycles. The first-order chi connectivity index (χ1) is 7.79. The summed E-state index contributed by atoms with van der Waals surface area (Å²) in [5.41, 5.74) is 3.20. The summed E-state index contributed by atoms with van der Waals surface area (Å²) in [5.74, 6) is 0. The minimum absolute atomic E-state index is 0.629. The monoisotopic (exact) mass is 212 g/mol. The third-order valence-electron chi connectivity index (χ3n) is 3.17. The first-order valence-electron chi connectivity index (χ1n) is 5.33. The molecular weight excluding hydrogens is 200 g/mol. The molecule has 0 aliphatic heterocycles. The summed E-state index contributed by atoms with van der Waals surface area (Å²) >= 11 is 0. The largest absolute Gasteiger partial charge is 0.384 e. The molecular formula is C14H12O2. The Morgan fingerprint density at radius 1 is 0.562 bits per heavy atom. The summed E-state index contributed by atoms with van der Waals surface area (Å²) in [7, 11) is 0. The average Bonchev–Trinajstić information content (AvgIpc) is 2.36. The number of benzene rings is 2. The molecule has 16 heavy (non-hydrogen) atoms. The number of aliphatic hydroxyl groups excluding tert-OH is 2. The summed E-state index contributed by atoms with van der Waals surface area (Å²) in [6, 6.07) is 15.0. The third kappa shape index (κ3) is 1.21. The molecule has 1 aliphatic carbocycles. The van der Waals surface area contributed by atoms with E-state index in [1.54, 1.807) is 0 Å². The second-order valence-electron chi connectivity index (χ2n) is 4.06. The van der Waals surface area contributed by atoms with Crippen LogP contribution < -0.4 is 0 Å². The molecule has 0 atom stereocenters. The molecule has 1 aliphatic rings. The van der Waals surface area contributed by atoms with Crippen LogP contribution in [0.25, 0.3) is 0 Å². The van der Waals surface area contributed by atoms with E-state index < -0.39 is 12.2 Å². The Morgan fingerprint density at radius 2 is 0.812 bits per heavy atom. The van der Waals surface area contributed by atoms with Crippen molar-refractivity contribution in [3.8, 4) is 0 Å². The molecule has 0 saturated heterocycles. The highest BCUT2D eigenvalue weighted by Crippen LogP contribution is 2.40. The molecule has 0 heterocycles. The number of fused-ring (bicyclic) bond motifs is 2. The van der Waals surface area contributed by atoms with Crippen LogP contribution >= 0.6 is 0 Å². The first-order valence-corrected chi connectivity index (χ1v) is 5.33. The number of hydrogen-bond donors (Lipinski definition) is 2. The SMILES string of the molecule is OC1c2ccccc2C(O)c2ccccc21. The first kappa shape index (κ1) is 9.58. The van der Waals surface area contributed by atoms with Crippen LogP contribution in [-0.4, -0.2) is 10.2 Å². The summed E-state index contributed by atoms with van der Waals surface area (Å²) in [6.45, 7) is 0. The van der Waals surface area contributed by atoms with Crippen molar-refractivity contribution in [1.29, 1.82) is 0 Å². The van der Waals surface area contributed by atoms with Gasteiger partial charge in [0, 0.05) is 0 Å². The fraction of sp³-hybridized carbons (Fsp3) is 0.143. The van der Waals surface area contributed by atoms with E-state index in [2.05, 4.69) is 0 Å². The molecule has 0 amide bonds. The maximum Gasteiger partial charge on any atom is 0.105 e. The van der Waals surface area contributed by atoms with Gasteiger partial charge >= 0.3 is 0 Å². The summed E-state index contributed by atoms with van der Waals surface area (Å²) in [5, 5.41) is 20.4. The predicted molar refractivity (Wildman–Crippen MR) is 61.0 cm³/mol. The Kier molecular flexibility index (Phi) is 2.06.